The summed E-state index contributed by atoms with van der Waals surface area (Å²) >= 11 is 0. The van der Waals surface area contributed by atoms with Crippen LogP contribution in [0.2, 0.25) is 0 Å². The molecule has 0 unspecified atom stereocenters. The molecular weight excluding hydrogens is 749 g/mol. The summed E-state index contributed by atoms with van der Waals surface area (Å²) in [5, 5.41) is 4.95. The molecule has 12 rings (SSSR count). The number of rotatable bonds is 7. The second-order valence-electron chi connectivity index (χ2n) is 16.2. The molecule has 0 saturated heterocycles. The zero-order chi connectivity index (χ0) is 41.0. The van der Waals surface area contributed by atoms with E-state index in [1.165, 1.54) is 99.2 Å². The molecule has 0 N–H and O–H groups in total. The molecule has 0 aliphatic rings. The molecule has 62 heavy (non-hydrogen) atoms. The van der Waals surface area contributed by atoms with Crippen molar-refractivity contribution in [2.45, 2.75) is 0 Å². The van der Waals surface area contributed by atoms with Gasteiger partial charge in [0.2, 0.25) is 0 Å². The van der Waals surface area contributed by atoms with Crippen LogP contribution in [0.15, 0.2) is 243 Å². The van der Waals surface area contributed by atoms with E-state index in [1.807, 2.05) is 0 Å². The van der Waals surface area contributed by atoms with Gasteiger partial charge in [-0.2, -0.15) is 0 Å². The topological polar surface area (TPSA) is 9.86 Å². The fraction of sp³-hybridized carbons (Fsp3) is 0. The molecule has 290 valence electrons. The van der Waals surface area contributed by atoms with Gasteiger partial charge in [0, 0.05) is 32.9 Å². The van der Waals surface area contributed by atoms with E-state index in [4.69, 9.17) is 0 Å². The highest BCUT2D eigenvalue weighted by atomic mass is 15.0. The van der Waals surface area contributed by atoms with Gasteiger partial charge in [0.05, 0.1) is 22.1 Å². The first-order valence-electron chi connectivity index (χ1n) is 21.3. The Morgan fingerprint density at radius 1 is 0.177 bits per heavy atom. The number of benzene rings is 10. The van der Waals surface area contributed by atoms with E-state index in [2.05, 4.69) is 252 Å². The Bertz CT molecular complexity index is 3610. The summed E-state index contributed by atoms with van der Waals surface area (Å²) in [7, 11) is 0. The third-order valence-electron chi connectivity index (χ3n) is 12.5. The van der Waals surface area contributed by atoms with E-state index in [-0.39, 0.29) is 0 Å². The molecule has 2 heteroatoms. The number of aromatic nitrogens is 2. The molecule has 0 bridgehead atoms. The van der Waals surface area contributed by atoms with Crippen LogP contribution in [0, 0.1) is 0 Å². The molecule has 2 heterocycles. The van der Waals surface area contributed by atoms with E-state index >= 15 is 0 Å². The molecule has 0 saturated carbocycles. The first-order valence-corrected chi connectivity index (χ1v) is 21.3. The van der Waals surface area contributed by atoms with Crippen molar-refractivity contribution in [3.63, 3.8) is 0 Å². The normalized spacial score (nSPS) is 11.5. The lowest BCUT2D eigenvalue weighted by molar-refractivity contribution is 1.18. The molecule has 2 nitrogen and oxygen atoms in total. The highest BCUT2D eigenvalue weighted by molar-refractivity contribution is 6.13. The van der Waals surface area contributed by atoms with Gasteiger partial charge in [0.25, 0.3) is 0 Å². The summed E-state index contributed by atoms with van der Waals surface area (Å²) in [6.07, 6.45) is 0. The summed E-state index contributed by atoms with van der Waals surface area (Å²) < 4.78 is 4.85. The van der Waals surface area contributed by atoms with Crippen LogP contribution in [0.4, 0.5) is 0 Å². The van der Waals surface area contributed by atoms with Gasteiger partial charge in [-0.3, -0.25) is 0 Å². The fourth-order valence-corrected chi connectivity index (χ4v) is 9.51. The number of hydrogen-bond acceptors (Lipinski definition) is 0. The standard InChI is InChI=1S/C60H40N2/c1-4-15-41(16-5-1)44-21-12-22-45(35-44)47-24-14-26-52(37-47)61-57-28-11-10-27-53(57)54-39-49(30-33-58(54)61)50-31-34-60-56(40-50)55-38-48(43-19-8-3-9-20-43)29-32-59(55)62(60)51-25-13-23-46(36-51)42-17-6-2-7-18-42/h1-40H. The quantitative estimate of drug-likeness (QED) is 0.152. The minimum absolute atomic E-state index is 1.14. The van der Waals surface area contributed by atoms with Crippen molar-refractivity contribution in [1.29, 1.82) is 0 Å². The van der Waals surface area contributed by atoms with Gasteiger partial charge >= 0.3 is 0 Å². The predicted molar refractivity (Wildman–Crippen MR) is 262 cm³/mol. The van der Waals surface area contributed by atoms with E-state index in [0.29, 0.717) is 0 Å². The minimum atomic E-state index is 1.14. The van der Waals surface area contributed by atoms with Crippen LogP contribution in [-0.2, 0) is 0 Å². The molecule has 0 spiro atoms. The summed E-state index contributed by atoms with van der Waals surface area (Å²) in [6.45, 7) is 0. The van der Waals surface area contributed by atoms with Gasteiger partial charge in [-0.15, -0.1) is 0 Å². The Hall–Kier alpha value is -8.20. The van der Waals surface area contributed by atoms with Crippen molar-refractivity contribution in [3.8, 4) is 67.0 Å². The lowest BCUT2D eigenvalue weighted by Crippen LogP contribution is -1.94. The van der Waals surface area contributed by atoms with Crippen LogP contribution >= 0.6 is 0 Å². The van der Waals surface area contributed by atoms with Crippen LogP contribution in [0.5, 0.6) is 0 Å². The molecule has 0 aliphatic carbocycles. The Morgan fingerprint density at radius 3 is 0.968 bits per heavy atom. The van der Waals surface area contributed by atoms with Crippen LogP contribution in [0.1, 0.15) is 0 Å². The van der Waals surface area contributed by atoms with Crippen molar-refractivity contribution < 1.29 is 0 Å². The SMILES string of the molecule is c1ccc(-c2cccc(-c3cccc(-n4c5ccccc5c5cc(-c6ccc7c(c6)c6cc(-c8ccccc8)ccc6n7-c6cccc(-c7ccccc7)c6)ccc54)c3)c2)cc1. The summed E-state index contributed by atoms with van der Waals surface area (Å²) in [6, 6.07) is 88.4. The molecule has 10 aromatic carbocycles. The maximum atomic E-state index is 2.43. The van der Waals surface area contributed by atoms with Crippen LogP contribution in [0.25, 0.3) is 111 Å². The zero-order valence-corrected chi connectivity index (χ0v) is 34.0. The van der Waals surface area contributed by atoms with E-state index in [1.54, 1.807) is 0 Å². The van der Waals surface area contributed by atoms with Crippen molar-refractivity contribution in [3.05, 3.63) is 243 Å². The number of para-hydroxylation sites is 1. The summed E-state index contributed by atoms with van der Waals surface area (Å²) in [5.74, 6) is 0. The van der Waals surface area contributed by atoms with E-state index in [0.717, 1.165) is 11.4 Å². The monoisotopic (exact) mass is 788 g/mol. The van der Waals surface area contributed by atoms with Crippen LogP contribution < -0.4 is 0 Å². The Labute approximate surface area is 360 Å². The molecule has 0 aliphatic heterocycles. The average molecular weight is 789 g/mol. The van der Waals surface area contributed by atoms with Crippen LogP contribution in [0.3, 0.4) is 0 Å². The zero-order valence-electron chi connectivity index (χ0n) is 34.0. The van der Waals surface area contributed by atoms with Gasteiger partial charge in [-0.25, -0.2) is 0 Å². The predicted octanol–water partition coefficient (Wildman–Crippen LogP) is 16.2. The van der Waals surface area contributed by atoms with E-state index < -0.39 is 0 Å². The fourth-order valence-electron chi connectivity index (χ4n) is 9.51. The highest BCUT2D eigenvalue weighted by Gasteiger charge is 2.18. The summed E-state index contributed by atoms with van der Waals surface area (Å²) in [4.78, 5) is 0. The smallest absolute Gasteiger partial charge is 0.0541 e. The Morgan fingerprint density at radius 2 is 0.484 bits per heavy atom. The second kappa shape index (κ2) is 14.8. The third kappa shape index (κ3) is 6.12. The summed E-state index contributed by atoms with van der Waals surface area (Å²) in [5.41, 5.74) is 19.1. The second-order valence-corrected chi connectivity index (χ2v) is 16.2. The van der Waals surface area contributed by atoms with Gasteiger partial charge in [0.15, 0.2) is 0 Å². The molecule has 2 aromatic heterocycles. The largest absolute Gasteiger partial charge is 0.309 e. The Balaban J connectivity index is 0.997. The average Bonchev–Trinajstić information content (AvgIpc) is 3.87. The van der Waals surface area contributed by atoms with Crippen molar-refractivity contribution in [1.82, 2.24) is 9.13 Å². The third-order valence-corrected chi connectivity index (χ3v) is 12.5. The number of fused-ring (bicyclic) bond motifs is 6. The number of hydrogen-bond donors (Lipinski definition) is 0. The highest BCUT2D eigenvalue weighted by Crippen LogP contribution is 2.40. The first-order chi connectivity index (χ1) is 30.7. The molecule has 0 radical (unpaired) electrons. The van der Waals surface area contributed by atoms with Gasteiger partial charge in [-0.1, -0.05) is 170 Å². The van der Waals surface area contributed by atoms with Crippen molar-refractivity contribution in [2.75, 3.05) is 0 Å². The Kier molecular flexibility index (Phi) is 8.53. The van der Waals surface area contributed by atoms with Crippen LogP contribution in [-0.4, -0.2) is 9.13 Å². The maximum absolute atomic E-state index is 2.43. The van der Waals surface area contributed by atoms with Gasteiger partial charge < -0.3 is 9.13 Å². The van der Waals surface area contributed by atoms with Crippen molar-refractivity contribution >= 4 is 43.6 Å². The lowest BCUT2D eigenvalue weighted by Gasteiger charge is -2.12. The van der Waals surface area contributed by atoms with E-state index in [9.17, 15) is 0 Å². The van der Waals surface area contributed by atoms with Gasteiger partial charge in [-0.05, 0) is 128 Å². The lowest BCUT2D eigenvalue weighted by atomic mass is 9.99. The molecular formula is C60H40N2. The minimum Gasteiger partial charge on any atom is -0.309 e. The molecule has 12 aromatic rings. The number of nitrogens with zero attached hydrogens (tertiary/aromatic N) is 2. The maximum Gasteiger partial charge on any atom is 0.0541 e. The molecule has 0 fully saturated rings. The molecule has 0 amide bonds. The van der Waals surface area contributed by atoms with Gasteiger partial charge in [0.1, 0.15) is 0 Å². The van der Waals surface area contributed by atoms with Crippen molar-refractivity contribution in [2.24, 2.45) is 0 Å². The molecule has 0 atom stereocenters. The first kappa shape index (κ1) is 35.7.